The van der Waals surface area contributed by atoms with E-state index in [1.54, 1.807) is 6.20 Å². The largest absolute Gasteiger partial charge is 0.505 e. The molecule has 0 aliphatic heterocycles. The molecule has 2 rings (SSSR count). The number of phenolic OH excluding ortho intramolecular Hbond substituents is 1. The minimum absolute atomic E-state index is 0.305. The maximum absolute atomic E-state index is 10.5. The van der Waals surface area contributed by atoms with Crippen molar-refractivity contribution in [1.29, 1.82) is 0 Å². The predicted molar refractivity (Wildman–Crippen MR) is 109 cm³/mol. The highest BCUT2D eigenvalue weighted by molar-refractivity contribution is 6.36. The fourth-order valence-corrected chi connectivity index (χ4v) is 3.85. The molecule has 0 aliphatic carbocycles. The van der Waals surface area contributed by atoms with Gasteiger partial charge in [-0.3, -0.25) is 4.98 Å². The van der Waals surface area contributed by atoms with E-state index in [9.17, 15) is 5.11 Å². The van der Waals surface area contributed by atoms with Crippen LogP contribution in [-0.4, -0.2) is 10.1 Å². The summed E-state index contributed by atoms with van der Waals surface area (Å²) in [6, 6.07) is 3.84. The smallest absolute Gasteiger partial charge is 0.145 e. The Morgan fingerprint density at radius 2 is 1.56 bits per heavy atom. The maximum atomic E-state index is 10.5. The SMILES string of the molecule is CCCCCCCCCCCCc1cc(Cl)c2c(C)ccnc2c1O. The molecule has 0 fully saturated rings. The third kappa shape index (κ3) is 5.88. The molecule has 0 aliphatic rings. The number of aryl methyl sites for hydroxylation is 2. The lowest BCUT2D eigenvalue weighted by molar-refractivity contribution is 0.471. The first kappa shape index (κ1) is 20.0. The first-order valence-corrected chi connectivity index (χ1v) is 10.3. The summed E-state index contributed by atoms with van der Waals surface area (Å²) < 4.78 is 0. The molecule has 0 atom stereocenters. The van der Waals surface area contributed by atoms with Gasteiger partial charge >= 0.3 is 0 Å². The van der Waals surface area contributed by atoms with Crippen LogP contribution < -0.4 is 0 Å². The van der Waals surface area contributed by atoms with Gasteiger partial charge in [-0.25, -0.2) is 0 Å². The van der Waals surface area contributed by atoms with Crippen molar-refractivity contribution in [2.24, 2.45) is 0 Å². The summed E-state index contributed by atoms with van der Waals surface area (Å²) in [5.41, 5.74) is 2.61. The number of aromatic nitrogens is 1. The zero-order valence-corrected chi connectivity index (χ0v) is 16.5. The molecule has 0 bridgehead atoms. The summed E-state index contributed by atoms with van der Waals surface area (Å²) in [6.07, 6.45) is 15.8. The fraction of sp³-hybridized carbons (Fsp3) is 0.591. The molecule has 0 amide bonds. The topological polar surface area (TPSA) is 33.1 Å². The first-order valence-electron chi connectivity index (χ1n) is 9.90. The summed E-state index contributed by atoms with van der Waals surface area (Å²) in [5.74, 6) is 0.305. The lowest BCUT2D eigenvalue weighted by Gasteiger charge is -2.11. The molecule has 2 aromatic rings. The Labute approximate surface area is 157 Å². The van der Waals surface area contributed by atoms with Crippen LogP contribution in [0.4, 0.5) is 0 Å². The summed E-state index contributed by atoms with van der Waals surface area (Å²) in [6.45, 7) is 4.26. The number of pyridine rings is 1. The monoisotopic (exact) mass is 361 g/mol. The molecule has 0 saturated heterocycles. The van der Waals surface area contributed by atoms with Gasteiger partial charge in [0.1, 0.15) is 11.3 Å². The molecule has 0 unspecified atom stereocenters. The number of unbranched alkanes of at least 4 members (excludes halogenated alkanes) is 9. The van der Waals surface area contributed by atoms with Crippen molar-refractivity contribution in [3.63, 3.8) is 0 Å². The van der Waals surface area contributed by atoms with Gasteiger partial charge in [0.25, 0.3) is 0 Å². The van der Waals surface area contributed by atoms with Gasteiger partial charge in [-0.05, 0) is 43.0 Å². The lowest BCUT2D eigenvalue weighted by atomic mass is 10.0. The summed E-state index contributed by atoms with van der Waals surface area (Å²) >= 11 is 6.42. The van der Waals surface area contributed by atoms with Crippen LogP contribution in [-0.2, 0) is 6.42 Å². The van der Waals surface area contributed by atoms with Crippen molar-refractivity contribution in [1.82, 2.24) is 4.98 Å². The predicted octanol–water partition coefficient (Wildman–Crippen LogP) is 7.37. The molecular weight excluding hydrogens is 330 g/mol. The molecule has 138 valence electrons. The second kappa shape index (κ2) is 10.7. The van der Waals surface area contributed by atoms with Crippen LogP contribution in [0, 0.1) is 6.92 Å². The van der Waals surface area contributed by atoms with Crippen LogP contribution in [0.3, 0.4) is 0 Å². The zero-order valence-electron chi connectivity index (χ0n) is 15.8. The fourth-order valence-electron chi connectivity index (χ4n) is 3.48. The third-order valence-corrected chi connectivity index (χ3v) is 5.33. The van der Waals surface area contributed by atoms with Crippen LogP contribution in [0.25, 0.3) is 10.9 Å². The Hall–Kier alpha value is -1.28. The minimum Gasteiger partial charge on any atom is -0.505 e. The molecule has 25 heavy (non-hydrogen) atoms. The minimum atomic E-state index is 0.305. The average molecular weight is 362 g/mol. The Morgan fingerprint density at radius 1 is 0.960 bits per heavy atom. The van der Waals surface area contributed by atoms with Gasteiger partial charge in [-0.2, -0.15) is 0 Å². The normalized spacial score (nSPS) is 11.3. The number of rotatable bonds is 11. The van der Waals surface area contributed by atoms with Gasteiger partial charge in [-0.15, -0.1) is 0 Å². The summed E-state index contributed by atoms with van der Waals surface area (Å²) in [4.78, 5) is 4.33. The van der Waals surface area contributed by atoms with E-state index in [1.165, 1.54) is 57.8 Å². The number of phenols is 1. The number of aromatic hydroxyl groups is 1. The van der Waals surface area contributed by atoms with Crippen LogP contribution in [0.1, 0.15) is 82.3 Å². The van der Waals surface area contributed by atoms with Crippen LogP contribution in [0.5, 0.6) is 5.75 Å². The van der Waals surface area contributed by atoms with Crippen molar-refractivity contribution in [3.05, 3.63) is 34.5 Å². The third-order valence-electron chi connectivity index (χ3n) is 5.03. The molecule has 0 spiro atoms. The Kier molecular flexibility index (Phi) is 8.54. The zero-order chi connectivity index (χ0) is 18.1. The molecule has 1 aromatic carbocycles. The Bertz CT molecular complexity index is 669. The number of benzene rings is 1. The number of hydrogen-bond acceptors (Lipinski definition) is 2. The highest BCUT2D eigenvalue weighted by Crippen LogP contribution is 2.35. The van der Waals surface area contributed by atoms with Gasteiger partial charge in [0.2, 0.25) is 0 Å². The molecule has 1 heterocycles. The molecule has 1 aromatic heterocycles. The molecule has 3 heteroatoms. The van der Waals surface area contributed by atoms with E-state index in [-0.39, 0.29) is 0 Å². The molecule has 0 radical (unpaired) electrons. The van der Waals surface area contributed by atoms with Crippen LogP contribution in [0.15, 0.2) is 18.3 Å². The molecular formula is C22H32ClNO. The average Bonchev–Trinajstić information content (AvgIpc) is 2.60. The van der Waals surface area contributed by atoms with Crippen LogP contribution >= 0.6 is 11.6 Å². The van der Waals surface area contributed by atoms with Crippen molar-refractivity contribution in [2.75, 3.05) is 0 Å². The highest BCUT2D eigenvalue weighted by atomic mass is 35.5. The number of fused-ring (bicyclic) bond motifs is 1. The van der Waals surface area contributed by atoms with Gasteiger partial charge < -0.3 is 5.11 Å². The van der Waals surface area contributed by atoms with Crippen molar-refractivity contribution in [2.45, 2.75) is 84.5 Å². The van der Waals surface area contributed by atoms with E-state index < -0.39 is 0 Å². The van der Waals surface area contributed by atoms with Crippen molar-refractivity contribution >= 4 is 22.5 Å². The molecule has 2 nitrogen and oxygen atoms in total. The standard InChI is InChI=1S/C22H32ClNO/c1-3-4-5-6-7-8-9-10-11-12-13-18-16-19(23)20-17(2)14-15-24-21(20)22(18)25/h14-16,25H,3-13H2,1-2H3. The second-order valence-corrected chi connectivity index (χ2v) is 7.56. The lowest BCUT2D eigenvalue weighted by Crippen LogP contribution is -1.92. The Balaban J connectivity index is 1.76. The first-order chi connectivity index (χ1) is 12.1. The van der Waals surface area contributed by atoms with Crippen molar-refractivity contribution in [3.8, 4) is 5.75 Å². The van der Waals surface area contributed by atoms with E-state index in [1.807, 2.05) is 19.1 Å². The quantitative estimate of drug-likeness (QED) is 0.424. The van der Waals surface area contributed by atoms with E-state index in [4.69, 9.17) is 11.6 Å². The Morgan fingerprint density at radius 3 is 2.20 bits per heavy atom. The van der Waals surface area contributed by atoms with Gasteiger partial charge in [0, 0.05) is 11.6 Å². The summed E-state index contributed by atoms with van der Waals surface area (Å²) in [7, 11) is 0. The highest BCUT2D eigenvalue weighted by Gasteiger charge is 2.13. The second-order valence-electron chi connectivity index (χ2n) is 7.15. The molecule has 1 N–H and O–H groups in total. The number of nitrogens with zero attached hydrogens (tertiary/aromatic N) is 1. The van der Waals surface area contributed by atoms with Gasteiger partial charge in [-0.1, -0.05) is 76.3 Å². The molecule has 0 saturated carbocycles. The van der Waals surface area contributed by atoms with Crippen molar-refractivity contribution < 1.29 is 5.11 Å². The van der Waals surface area contributed by atoms with Gasteiger partial charge in [0.15, 0.2) is 0 Å². The van der Waals surface area contributed by atoms with E-state index >= 15 is 0 Å². The number of hydrogen-bond donors (Lipinski definition) is 1. The van der Waals surface area contributed by atoms with E-state index in [0.29, 0.717) is 16.3 Å². The van der Waals surface area contributed by atoms with E-state index in [0.717, 1.165) is 29.4 Å². The maximum Gasteiger partial charge on any atom is 0.145 e. The number of halogens is 1. The van der Waals surface area contributed by atoms with E-state index in [2.05, 4.69) is 11.9 Å². The summed E-state index contributed by atoms with van der Waals surface area (Å²) in [5, 5.41) is 12.1. The van der Waals surface area contributed by atoms with Gasteiger partial charge in [0.05, 0.1) is 5.02 Å². The van der Waals surface area contributed by atoms with Crippen LogP contribution in [0.2, 0.25) is 5.02 Å².